The van der Waals surface area contributed by atoms with E-state index in [9.17, 15) is 9.59 Å². The number of hydrogen-bond acceptors (Lipinski definition) is 3. The van der Waals surface area contributed by atoms with E-state index in [0.717, 1.165) is 18.6 Å². The maximum absolute atomic E-state index is 10.9. The summed E-state index contributed by atoms with van der Waals surface area (Å²) in [5.41, 5.74) is 0. The molecule has 0 aromatic heterocycles. The fourth-order valence-electron chi connectivity index (χ4n) is 0.720. The van der Waals surface area contributed by atoms with Crippen molar-refractivity contribution < 1.29 is 65.7 Å². The van der Waals surface area contributed by atoms with Crippen LogP contribution in [0.2, 0.25) is 0 Å². The molecule has 80 valence electrons. The van der Waals surface area contributed by atoms with Gasteiger partial charge in [0.2, 0.25) is 5.91 Å². The van der Waals surface area contributed by atoms with Crippen LogP contribution < -0.4 is 56.7 Å². The first kappa shape index (κ1) is 17.7. The third-order valence-electron chi connectivity index (χ3n) is 1.31. The second kappa shape index (κ2) is 12.4. The molecule has 0 rings (SSSR count). The summed E-state index contributed by atoms with van der Waals surface area (Å²) in [6.45, 7) is 6.76. The number of carbonyl (C=O) groups excluding carboxylic acids is 2. The molecule has 0 saturated heterocycles. The summed E-state index contributed by atoms with van der Waals surface area (Å²) in [6.07, 6.45) is 3.25. The minimum absolute atomic E-state index is 0. The summed E-state index contributed by atoms with van der Waals surface area (Å²) in [5.74, 6) is -0.690. The quantitative estimate of drug-likeness (QED) is 0.230. The number of carbonyl (C=O) groups is 2. The van der Waals surface area contributed by atoms with E-state index < -0.39 is 0 Å². The average Bonchev–Trinajstić information content (AvgIpc) is 2.14. The first-order valence-corrected chi connectivity index (χ1v) is 4.56. The van der Waals surface area contributed by atoms with Gasteiger partial charge in [-0.05, 0) is 6.42 Å². The topological polar surface area (TPSA) is 55.4 Å². The van der Waals surface area contributed by atoms with Crippen molar-refractivity contribution in [3.05, 3.63) is 19.1 Å². The molecule has 0 unspecified atom stereocenters. The van der Waals surface area contributed by atoms with E-state index >= 15 is 0 Å². The molecule has 15 heavy (non-hydrogen) atoms. The molecule has 1 N–H and O–H groups in total. The zero-order valence-corrected chi connectivity index (χ0v) is 12.5. The van der Waals surface area contributed by atoms with Gasteiger partial charge >= 0.3 is 51.4 Å². The minimum atomic E-state index is -0.387. The molecular weight excluding hydrogens is 221 g/mol. The number of nitrogens with one attached hydrogen (secondary N) is 1. The van der Waals surface area contributed by atoms with Gasteiger partial charge in [-0.2, -0.15) is 13.0 Å². The summed E-state index contributed by atoms with van der Waals surface area (Å²) in [4.78, 5) is 21.3. The molecular formula is C10H16KNO3. The predicted molar refractivity (Wildman–Crippen MR) is 53.6 cm³/mol. The number of amides is 1. The van der Waals surface area contributed by atoms with Crippen LogP contribution in [0.25, 0.3) is 0 Å². The van der Waals surface area contributed by atoms with E-state index in [1.807, 2.05) is 6.92 Å². The second-order valence-corrected chi connectivity index (χ2v) is 2.70. The summed E-state index contributed by atoms with van der Waals surface area (Å²) in [7, 11) is 0. The minimum Gasteiger partial charge on any atom is -0.380 e. The van der Waals surface area contributed by atoms with Gasteiger partial charge in [-0.3, -0.25) is 4.79 Å². The fourth-order valence-corrected chi connectivity index (χ4v) is 0.720. The van der Waals surface area contributed by atoms with E-state index in [1.165, 1.54) is 0 Å². The van der Waals surface area contributed by atoms with Gasteiger partial charge in [0.05, 0.1) is 6.61 Å². The maximum atomic E-state index is 10.9. The molecule has 0 aliphatic heterocycles. The third-order valence-corrected chi connectivity index (χ3v) is 1.31. The molecule has 0 saturated carbocycles. The van der Waals surface area contributed by atoms with Crippen LogP contribution in [0.3, 0.4) is 0 Å². The van der Waals surface area contributed by atoms with Crippen molar-refractivity contribution >= 4 is 11.7 Å². The summed E-state index contributed by atoms with van der Waals surface area (Å²) in [5, 5.41) is 2.57. The van der Waals surface area contributed by atoms with Gasteiger partial charge in [0.15, 0.2) is 0 Å². The van der Waals surface area contributed by atoms with Crippen molar-refractivity contribution in [2.75, 3.05) is 19.8 Å². The third kappa shape index (κ3) is 14.3. The monoisotopic (exact) mass is 237 g/mol. The molecule has 0 aliphatic rings. The van der Waals surface area contributed by atoms with Crippen LogP contribution in [0.5, 0.6) is 0 Å². The molecule has 0 spiro atoms. The van der Waals surface area contributed by atoms with Crippen molar-refractivity contribution in [1.82, 2.24) is 5.32 Å². The Bertz CT molecular complexity index is 217. The first-order chi connectivity index (χ1) is 6.66. The van der Waals surface area contributed by atoms with Crippen LogP contribution in [0.1, 0.15) is 13.3 Å². The molecule has 0 aromatic rings. The predicted octanol–water partition coefficient (Wildman–Crippen LogP) is -2.51. The maximum Gasteiger partial charge on any atom is 1.00 e. The van der Waals surface area contributed by atoms with Crippen molar-refractivity contribution in [1.29, 1.82) is 0 Å². The molecule has 0 radical (unpaired) electrons. The summed E-state index contributed by atoms with van der Waals surface area (Å²) < 4.78 is 5.14. The molecule has 0 fully saturated rings. The van der Waals surface area contributed by atoms with Gasteiger partial charge < -0.3 is 14.8 Å². The van der Waals surface area contributed by atoms with Crippen molar-refractivity contribution in [2.45, 2.75) is 13.3 Å². The summed E-state index contributed by atoms with van der Waals surface area (Å²) in [6, 6.07) is 0. The van der Waals surface area contributed by atoms with Crippen molar-refractivity contribution in [2.24, 2.45) is 0 Å². The normalized spacial score (nSPS) is 9.67. The number of rotatable bonds is 7. The number of allylic oxidation sites excluding steroid dienone is 1. The van der Waals surface area contributed by atoms with Crippen LogP contribution in [0.4, 0.5) is 0 Å². The van der Waals surface area contributed by atoms with Crippen molar-refractivity contribution in [3.63, 3.8) is 0 Å². The van der Waals surface area contributed by atoms with Crippen LogP contribution in [0, 0.1) is 6.92 Å². The van der Waals surface area contributed by atoms with Gasteiger partial charge in [-0.25, -0.2) is 0 Å². The Morgan fingerprint density at radius 2 is 2.00 bits per heavy atom. The number of ketones is 1. The second-order valence-electron chi connectivity index (χ2n) is 2.70. The molecule has 4 nitrogen and oxygen atoms in total. The Morgan fingerprint density at radius 1 is 1.33 bits per heavy atom. The van der Waals surface area contributed by atoms with E-state index in [1.54, 1.807) is 0 Å². The largest absolute Gasteiger partial charge is 1.00 e. The summed E-state index contributed by atoms with van der Waals surface area (Å²) >= 11 is 0. The average molecular weight is 237 g/mol. The first-order valence-electron chi connectivity index (χ1n) is 4.56. The molecule has 5 heteroatoms. The Morgan fingerprint density at radius 3 is 2.53 bits per heavy atom. The van der Waals surface area contributed by atoms with Gasteiger partial charge in [-0.15, -0.1) is 0 Å². The molecule has 0 heterocycles. The van der Waals surface area contributed by atoms with Gasteiger partial charge in [0, 0.05) is 18.9 Å². The Hall–Kier alpha value is 0.346. The fraction of sp³-hybridized carbons (Fsp3) is 0.500. The Labute approximate surface area is 133 Å². The number of ether oxygens (including phenoxy) is 1. The van der Waals surface area contributed by atoms with E-state index in [4.69, 9.17) is 4.74 Å². The Balaban J connectivity index is 0. The standard InChI is InChI=1S/C10H16NO3.K/c1-3-7-14-8-6-11-10(13)5-4-9(2)12;/h4-5H,2-3,6-8H2,1H3,(H,11,13);/q-1;+1/b5-4+;. The van der Waals surface area contributed by atoms with Gasteiger partial charge in [0.25, 0.3) is 0 Å². The van der Waals surface area contributed by atoms with E-state index in [0.29, 0.717) is 19.8 Å². The van der Waals surface area contributed by atoms with Crippen LogP contribution in [-0.4, -0.2) is 31.4 Å². The van der Waals surface area contributed by atoms with E-state index in [2.05, 4.69) is 12.2 Å². The zero-order valence-electron chi connectivity index (χ0n) is 9.41. The SMILES string of the molecule is [CH2-]C(=O)/C=C/C(=O)NCCOCCC.[K+]. The molecule has 1 amide bonds. The molecule has 0 aromatic carbocycles. The number of hydrogen-bond donors (Lipinski definition) is 1. The zero-order chi connectivity index (χ0) is 10.8. The van der Waals surface area contributed by atoms with Crippen LogP contribution in [0.15, 0.2) is 12.2 Å². The Kier molecular flexibility index (Phi) is 14.7. The van der Waals surface area contributed by atoms with Crippen LogP contribution >= 0.6 is 0 Å². The van der Waals surface area contributed by atoms with Gasteiger partial charge in [0.1, 0.15) is 0 Å². The van der Waals surface area contributed by atoms with Crippen molar-refractivity contribution in [3.8, 4) is 0 Å². The molecule has 0 bridgehead atoms. The smallest absolute Gasteiger partial charge is 0.380 e. The molecule has 0 aliphatic carbocycles. The van der Waals surface area contributed by atoms with E-state index in [-0.39, 0.29) is 63.1 Å². The van der Waals surface area contributed by atoms with Gasteiger partial charge in [-0.1, -0.05) is 13.0 Å². The van der Waals surface area contributed by atoms with Crippen LogP contribution in [-0.2, 0) is 14.3 Å². The molecule has 0 atom stereocenters.